The third-order valence-corrected chi connectivity index (χ3v) is 1.64. The zero-order valence-corrected chi connectivity index (χ0v) is 6.24. The number of nitrogen functional groups attached to an aromatic ring is 1. The van der Waals surface area contributed by atoms with E-state index in [2.05, 4.69) is 9.97 Å². The molecule has 0 saturated carbocycles. The van der Waals surface area contributed by atoms with Gasteiger partial charge in [0.1, 0.15) is 0 Å². The highest BCUT2D eigenvalue weighted by Gasteiger charge is 1.97. The Morgan fingerprint density at radius 3 is 3.17 bits per heavy atom. The molecule has 4 nitrogen and oxygen atoms in total. The maximum Gasteiger partial charge on any atom is 0.257 e. The SMILES string of the molecule is Nc1cnc2cc[nH]c(=O)c2c1. The Bertz CT molecular complexity index is 475. The molecule has 0 aliphatic carbocycles. The average molecular weight is 161 g/mol. The van der Waals surface area contributed by atoms with Crippen molar-refractivity contribution in [3.63, 3.8) is 0 Å². The Morgan fingerprint density at radius 2 is 2.33 bits per heavy atom. The van der Waals surface area contributed by atoms with E-state index in [9.17, 15) is 4.79 Å². The first-order valence-electron chi connectivity index (χ1n) is 3.50. The van der Waals surface area contributed by atoms with Gasteiger partial charge in [0, 0.05) is 6.20 Å². The van der Waals surface area contributed by atoms with Crippen LogP contribution < -0.4 is 11.3 Å². The quantitative estimate of drug-likeness (QED) is 0.591. The van der Waals surface area contributed by atoms with Crippen molar-refractivity contribution < 1.29 is 0 Å². The first-order chi connectivity index (χ1) is 5.77. The van der Waals surface area contributed by atoms with Crippen molar-refractivity contribution in [1.82, 2.24) is 9.97 Å². The fraction of sp³-hybridized carbons (Fsp3) is 0. The lowest BCUT2D eigenvalue weighted by molar-refractivity contribution is 1.26. The third kappa shape index (κ3) is 0.934. The molecule has 0 atom stereocenters. The van der Waals surface area contributed by atoms with Crippen molar-refractivity contribution in [1.29, 1.82) is 0 Å². The van der Waals surface area contributed by atoms with Gasteiger partial charge in [0.2, 0.25) is 0 Å². The normalized spacial score (nSPS) is 10.3. The minimum absolute atomic E-state index is 0.160. The van der Waals surface area contributed by atoms with Gasteiger partial charge in [-0.3, -0.25) is 9.78 Å². The number of H-pyrrole nitrogens is 1. The van der Waals surface area contributed by atoms with Crippen molar-refractivity contribution in [3.8, 4) is 0 Å². The van der Waals surface area contributed by atoms with Crippen LogP contribution in [0.2, 0.25) is 0 Å². The van der Waals surface area contributed by atoms with Crippen molar-refractivity contribution in [2.45, 2.75) is 0 Å². The van der Waals surface area contributed by atoms with Gasteiger partial charge in [0.05, 0.1) is 22.8 Å². The molecule has 0 aliphatic rings. The molecule has 60 valence electrons. The second kappa shape index (κ2) is 2.34. The first-order valence-corrected chi connectivity index (χ1v) is 3.50. The van der Waals surface area contributed by atoms with E-state index in [-0.39, 0.29) is 5.56 Å². The van der Waals surface area contributed by atoms with E-state index < -0.39 is 0 Å². The number of pyridine rings is 2. The molecule has 0 aromatic carbocycles. The molecule has 2 rings (SSSR count). The molecule has 0 amide bonds. The van der Waals surface area contributed by atoms with E-state index >= 15 is 0 Å². The van der Waals surface area contributed by atoms with E-state index in [1.54, 1.807) is 18.3 Å². The van der Waals surface area contributed by atoms with Gasteiger partial charge in [0.25, 0.3) is 5.56 Å². The van der Waals surface area contributed by atoms with Crippen LogP contribution in [0.4, 0.5) is 5.69 Å². The first kappa shape index (κ1) is 6.84. The number of hydrogen-bond donors (Lipinski definition) is 2. The van der Waals surface area contributed by atoms with Gasteiger partial charge in [-0.1, -0.05) is 0 Å². The Labute approximate surface area is 68.1 Å². The lowest BCUT2D eigenvalue weighted by Crippen LogP contribution is -2.05. The number of aromatic nitrogens is 2. The number of nitrogens with two attached hydrogens (primary N) is 1. The van der Waals surface area contributed by atoms with E-state index in [0.717, 1.165) is 0 Å². The van der Waals surface area contributed by atoms with Crippen LogP contribution >= 0.6 is 0 Å². The minimum Gasteiger partial charge on any atom is -0.397 e. The van der Waals surface area contributed by atoms with Crippen molar-refractivity contribution in [2.75, 3.05) is 5.73 Å². The highest BCUT2D eigenvalue weighted by molar-refractivity contribution is 5.79. The molecule has 2 heterocycles. The molecule has 0 aliphatic heterocycles. The van der Waals surface area contributed by atoms with Crippen molar-refractivity contribution in [3.05, 3.63) is 34.9 Å². The number of nitrogens with one attached hydrogen (secondary N) is 1. The van der Waals surface area contributed by atoms with Gasteiger partial charge in [-0.15, -0.1) is 0 Å². The third-order valence-electron chi connectivity index (χ3n) is 1.64. The molecule has 12 heavy (non-hydrogen) atoms. The van der Waals surface area contributed by atoms with Crippen LogP contribution in [0.3, 0.4) is 0 Å². The number of anilines is 1. The molecule has 0 unspecified atom stereocenters. The Hall–Kier alpha value is -1.84. The summed E-state index contributed by atoms with van der Waals surface area (Å²) < 4.78 is 0. The number of hydrogen-bond acceptors (Lipinski definition) is 3. The monoisotopic (exact) mass is 161 g/mol. The summed E-state index contributed by atoms with van der Waals surface area (Å²) in [7, 11) is 0. The van der Waals surface area contributed by atoms with Gasteiger partial charge < -0.3 is 10.7 Å². The largest absolute Gasteiger partial charge is 0.397 e. The highest BCUT2D eigenvalue weighted by Crippen LogP contribution is 2.08. The van der Waals surface area contributed by atoms with Crippen LogP contribution in [0.5, 0.6) is 0 Å². The summed E-state index contributed by atoms with van der Waals surface area (Å²) in [6, 6.07) is 3.34. The summed E-state index contributed by atoms with van der Waals surface area (Å²) in [5.41, 5.74) is 6.48. The summed E-state index contributed by atoms with van der Waals surface area (Å²) in [6.45, 7) is 0. The summed E-state index contributed by atoms with van der Waals surface area (Å²) in [4.78, 5) is 17.7. The standard InChI is InChI=1S/C8H7N3O/c9-5-3-6-7(11-4-5)1-2-10-8(6)12/h1-4H,9H2,(H,10,12). The van der Waals surface area contributed by atoms with Crippen LogP contribution in [0.1, 0.15) is 0 Å². The van der Waals surface area contributed by atoms with Gasteiger partial charge in [0.15, 0.2) is 0 Å². The number of aromatic amines is 1. The molecular formula is C8H7N3O. The number of nitrogens with zero attached hydrogens (tertiary/aromatic N) is 1. The molecule has 0 spiro atoms. The molecule has 0 bridgehead atoms. The molecule has 2 aromatic heterocycles. The Balaban J connectivity index is 2.98. The van der Waals surface area contributed by atoms with E-state index in [4.69, 9.17) is 5.73 Å². The van der Waals surface area contributed by atoms with Crippen LogP contribution in [-0.4, -0.2) is 9.97 Å². The molecule has 3 N–H and O–H groups in total. The molecule has 0 fully saturated rings. The second-order valence-electron chi connectivity index (χ2n) is 2.51. The average Bonchev–Trinajstić information content (AvgIpc) is 2.07. The molecular weight excluding hydrogens is 154 g/mol. The minimum atomic E-state index is -0.160. The zero-order valence-electron chi connectivity index (χ0n) is 6.24. The fourth-order valence-corrected chi connectivity index (χ4v) is 1.08. The van der Waals surface area contributed by atoms with Crippen LogP contribution in [0.25, 0.3) is 10.9 Å². The lowest BCUT2D eigenvalue weighted by Gasteiger charge is -1.95. The number of fused-ring (bicyclic) bond motifs is 1. The topological polar surface area (TPSA) is 71.8 Å². The van der Waals surface area contributed by atoms with Crippen LogP contribution in [0.15, 0.2) is 29.3 Å². The van der Waals surface area contributed by atoms with Gasteiger partial charge >= 0.3 is 0 Å². The number of rotatable bonds is 0. The maximum absolute atomic E-state index is 11.2. The summed E-state index contributed by atoms with van der Waals surface area (Å²) in [5.74, 6) is 0. The smallest absolute Gasteiger partial charge is 0.257 e. The summed E-state index contributed by atoms with van der Waals surface area (Å²) >= 11 is 0. The second-order valence-corrected chi connectivity index (χ2v) is 2.51. The summed E-state index contributed by atoms with van der Waals surface area (Å²) in [6.07, 6.45) is 3.09. The predicted octanol–water partition coefficient (Wildman–Crippen LogP) is 0.505. The molecule has 2 aromatic rings. The van der Waals surface area contributed by atoms with Gasteiger partial charge in [-0.2, -0.15) is 0 Å². The summed E-state index contributed by atoms with van der Waals surface area (Å²) in [5, 5.41) is 0.525. The fourth-order valence-electron chi connectivity index (χ4n) is 1.08. The highest BCUT2D eigenvalue weighted by atomic mass is 16.1. The van der Waals surface area contributed by atoms with Crippen molar-refractivity contribution >= 4 is 16.6 Å². The zero-order chi connectivity index (χ0) is 8.55. The van der Waals surface area contributed by atoms with Crippen molar-refractivity contribution in [2.24, 2.45) is 0 Å². The Morgan fingerprint density at radius 1 is 1.50 bits per heavy atom. The molecule has 0 saturated heterocycles. The predicted molar refractivity (Wildman–Crippen MR) is 46.8 cm³/mol. The van der Waals surface area contributed by atoms with Gasteiger partial charge in [-0.25, -0.2) is 0 Å². The lowest BCUT2D eigenvalue weighted by atomic mass is 10.2. The van der Waals surface area contributed by atoms with E-state index in [0.29, 0.717) is 16.6 Å². The molecule has 4 heteroatoms. The van der Waals surface area contributed by atoms with E-state index in [1.165, 1.54) is 6.20 Å². The molecule has 0 radical (unpaired) electrons. The van der Waals surface area contributed by atoms with Crippen LogP contribution in [0, 0.1) is 0 Å². The van der Waals surface area contributed by atoms with E-state index in [1.807, 2.05) is 0 Å². The van der Waals surface area contributed by atoms with Crippen LogP contribution in [-0.2, 0) is 0 Å². The van der Waals surface area contributed by atoms with Gasteiger partial charge in [-0.05, 0) is 12.1 Å². The Kier molecular flexibility index (Phi) is 1.33. The maximum atomic E-state index is 11.2.